The molecule has 1 fully saturated rings. The minimum absolute atomic E-state index is 0.0311. The first-order chi connectivity index (χ1) is 14.1. The Morgan fingerprint density at radius 2 is 2.17 bits per heavy atom. The molecule has 1 aliphatic carbocycles. The summed E-state index contributed by atoms with van der Waals surface area (Å²) in [5.74, 6) is -2.25. The maximum Gasteiger partial charge on any atom is 0.278 e. The van der Waals surface area contributed by atoms with Gasteiger partial charge < -0.3 is 20.5 Å². The number of halogens is 2. The predicted molar refractivity (Wildman–Crippen MR) is 106 cm³/mol. The molecule has 3 N–H and O–H groups in total. The van der Waals surface area contributed by atoms with Crippen LogP contribution in [0.5, 0.6) is 5.88 Å². The summed E-state index contributed by atoms with van der Waals surface area (Å²) in [7, 11) is 0. The van der Waals surface area contributed by atoms with Gasteiger partial charge in [0.15, 0.2) is 6.61 Å². The van der Waals surface area contributed by atoms with Crippen molar-refractivity contribution >= 4 is 11.8 Å². The Morgan fingerprint density at radius 3 is 2.80 bits per heavy atom. The number of rotatable bonds is 8. The lowest BCUT2D eigenvalue weighted by atomic mass is 9.64. The Morgan fingerprint density at radius 1 is 1.40 bits per heavy atom. The van der Waals surface area contributed by atoms with E-state index in [1.54, 1.807) is 12.1 Å². The predicted octanol–water partition coefficient (Wildman–Crippen LogP) is 2.96. The molecule has 2 atom stereocenters. The second-order valence-electron chi connectivity index (χ2n) is 8.02. The fraction of sp³-hybridized carbons (Fsp3) is 0.500. The number of alkyl halides is 2. The van der Waals surface area contributed by atoms with E-state index in [2.05, 4.69) is 25.6 Å². The average molecular weight is 418 g/mol. The lowest BCUT2D eigenvalue weighted by Crippen LogP contribution is -2.57. The van der Waals surface area contributed by atoms with Crippen LogP contribution in [0.1, 0.15) is 38.3 Å². The summed E-state index contributed by atoms with van der Waals surface area (Å²) in [6.45, 7) is 4.07. The highest BCUT2D eigenvalue weighted by Gasteiger charge is 2.47. The first-order valence-electron chi connectivity index (χ1n) is 9.50. The van der Waals surface area contributed by atoms with E-state index in [0.29, 0.717) is 17.8 Å². The molecule has 0 aromatic carbocycles. The molecular weight excluding hydrogens is 394 g/mol. The molecule has 3 rings (SSSR count). The zero-order chi connectivity index (χ0) is 21.9. The van der Waals surface area contributed by atoms with Crippen LogP contribution in [-0.4, -0.2) is 44.7 Å². The number of nitrogens with one attached hydrogen (secondary N) is 2. The second-order valence-corrected chi connectivity index (χ2v) is 8.02. The quantitative estimate of drug-likeness (QED) is 0.599. The molecule has 10 heteroatoms. The molecule has 2 heterocycles. The van der Waals surface area contributed by atoms with Crippen LogP contribution in [-0.2, 0) is 6.54 Å². The van der Waals surface area contributed by atoms with Gasteiger partial charge in [0.25, 0.3) is 5.92 Å². The minimum atomic E-state index is -2.97. The van der Waals surface area contributed by atoms with E-state index in [4.69, 9.17) is 4.74 Å². The van der Waals surface area contributed by atoms with Crippen LogP contribution >= 0.6 is 0 Å². The number of aliphatic hydroxyl groups is 1. The van der Waals surface area contributed by atoms with Gasteiger partial charge in [-0.05, 0) is 12.5 Å². The Labute approximate surface area is 173 Å². The van der Waals surface area contributed by atoms with Gasteiger partial charge in [0.2, 0.25) is 11.8 Å². The smallest absolute Gasteiger partial charge is 0.278 e. The van der Waals surface area contributed by atoms with E-state index in [9.17, 15) is 19.1 Å². The molecule has 1 aliphatic rings. The summed E-state index contributed by atoms with van der Waals surface area (Å²) in [6.07, 6.45) is 3.00. The number of aromatic nitrogens is 3. The normalized spacial score (nSPS) is 20.0. The van der Waals surface area contributed by atoms with E-state index >= 15 is 0 Å². The van der Waals surface area contributed by atoms with E-state index in [-0.39, 0.29) is 35.4 Å². The van der Waals surface area contributed by atoms with Crippen LogP contribution in [0.2, 0.25) is 0 Å². The van der Waals surface area contributed by atoms with Gasteiger partial charge in [0.05, 0.1) is 12.3 Å². The number of pyridine rings is 1. The lowest BCUT2D eigenvalue weighted by molar-refractivity contribution is -0.0511. The minimum Gasteiger partial charge on any atom is -0.471 e. The molecule has 160 valence electrons. The van der Waals surface area contributed by atoms with Crippen molar-refractivity contribution < 1.29 is 18.6 Å². The molecule has 0 bridgehead atoms. The van der Waals surface area contributed by atoms with E-state index in [1.807, 2.05) is 19.9 Å². The number of nitrogens with zero attached hydrogens (tertiary/aromatic N) is 4. The third kappa shape index (κ3) is 4.91. The summed E-state index contributed by atoms with van der Waals surface area (Å²) in [5, 5.41) is 25.5. The number of ether oxygens (including phenoxy) is 1. The van der Waals surface area contributed by atoms with E-state index in [1.165, 1.54) is 12.4 Å². The number of nitriles is 1. The van der Waals surface area contributed by atoms with Crippen molar-refractivity contribution in [3.8, 4) is 11.9 Å². The fourth-order valence-corrected chi connectivity index (χ4v) is 3.03. The third-order valence-corrected chi connectivity index (χ3v) is 5.19. The first kappa shape index (κ1) is 21.6. The van der Waals surface area contributed by atoms with Crippen LogP contribution in [0.15, 0.2) is 24.5 Å². The standard InChI is InChI=1S/C20H24F2N6O2/c1-19(2)14(7-15(19)29)27-16-13(8-23)10-26-18(28-16)25-9-12-5-4-6-24-17(12)30-11-20(3,21)22/h4-6,10,14-15,29H,7,9,11H2,1-3H3,(H2,25,26,27,28)/t14-,15-/m1/s1. The van der Waals surface area contributed by atoms with Crippen LogP contribution in [0.3, 0.4) is 0 Å². The molecule has 2 aromatic heterocycles. The molecule has 0 radical (unpaired) electrons. The zero-order valence-corrected chi connectivity index (χ0v) is 17.0. The summed E-state index contributed by atoms with van der Waals surface area (Å²) in [6, 6.07) is 5.39. The number of aliphatic hydroxyl groups excluding tert-OH is 1. The second kappa shape index (κ2) is 8.36. The highest BCUT2D eigenvalue weighted by Crippen LogP contribution is 2.42. The van der Waals surface area contributed by atoms with Crippen molar-refractivity contribution in [2.75, 3.05) is 17.2 Å². The van der Waals surface area contributed by atoms with Crippen LogP contribution in [0.4, 0.5) is 20.5 Å². The van der Waals surface area contributed by atoms with Crippen molar-refractivity contribution in [2.45, 2.75) is 51.8 Å². The van der Waals surface area contributed by atoms with Crippen molar-refractivity contribution in [1.29, 1.82) is 5.26 Å². The summed E-state index contributed by atoms with van der Waals surface area (Å²) in [4.78, 5) is 12.5. The van der Waals surface area contributed by atoms with E-state index in [0.717, 1.165) is 6.92 Å². The average Bonchev–Trinajstić information content (AvgIpc) is 2.70. The molecule has 30 heavy (non-hydrogen) atoms. The Hall–Kier alpha value is -3.06. The zero-order valence-electron chi connectivity index (χ0n) is 17.0. The van der Waals surface area contributed by atoms with Crippen molar-refractivity contribution in [2.24, 2.45) is 5.41 Å². The number of anilines is 2. The Balaban J connectivity index is 1.70. The monoisotopic (exact) mass is 418 g/mol. The summed E-state index contributed by atoms with van der Waals surface area (Å²) >= 11 is 0. The summed E-state index contributed by atoms with van der Waals surface area (Å²) < 4.78 is 31.3. The van der Waals surface area contributed by atoms with Gasteiger partial charge in [-0.2, -0.15) is 10.2 Å². The molecule has 1 saturated carbocycles. The molecular formula is C20H24F2N6O2. The SMILES string of the molecule is CC(F)(F)COc1ncccc1CNc1ncc(C#N)c(N[C@@H]2C[C@@H](O)C2(C)C)n1. The van der Waals surface area contributed by atoms with Gasteiger partial charge in [0.1, 0.15) is 17.5 Å². The van der Waals surface area contributed by atoms with Crippen LogP contribution in [0.25, 0.3) is 0 Å². The molecule has 0 aliphatic heterocycles. The first-order valence-corrected chi connectivity index (χ1v) is 9.50. The van der Waals surface area contributed by atoms with Gasteiger partial charge in [-0.25, -0.2) is 18.7 Å². The van der Waals surface area contributed by atoms with Crippen molar-refractivity contribution in [1.82, 2.24) is 15.0 Å². The highest BCUT2D eigenvalue weighted by atomic mass is 19.3. The summed E-state index contributed by atoms with van der Waals surface area (Å²) in [5.41, 5.74) is 0.509. The van der Waals surface area contributed by atoms with Gasteiger partial charge in [-0.3, -0.25) is 0 Å². The van der Waals surface area contributed by atoms with Gasteiger partial charge in [-0.1, -0.05) is 19.9 Å². The van der Waals surface area contributed by atoms with Crippen molar-refractivity contribution in [3.05, 3.63) is 35.7 Å². The molecule has 0 saturated heterocycles. The van der Waals surface area contributed by atoms with Crippen LogP contribution in [0, 0.1) is 16.7 Å². The fourth-order valence-electron chi connectivity index (χ4n) is 3.03. The van der Waals surface area contributed by atoms with Gasteiger partial charge >= 0.3 is 0 Å². The van der Waals surface area contributed by atoms with Gasteiger partial charge in [0, 0.05) is 36.7 Å². The topological polar surface area (TPSA) is 116 Å². The molecule has 2 aromatic rings. The van der Waals surface area contributed by atoms with E-state index < -0.39 is 18.6 Å². The largest absolute Gasteiger partial charge is 0.471 e. The molecule has 8 nitrogen and oxygen atoms in total. The van der Waals surface area contributed by atoms with Crippen LogP contribution < -0.4 is 15.4 Å². The lowest BCUT2D eigenvalue weighted by Gasteiger charge is -2.49. The number of hydrogen-bond donors (Lipinski definition) is 3. The molecule has 0 spiro atoms. The van der Waals surface area contributed by atoms with Crippen molar-refractivity contribution in [3.63, 3.8) is 0 Å². The molecule has 0 unspecified atom stereocenters. The maximum absolute atomic E-state index is 13.1. The Kier molecular flexibility index (Phi) is 6.03. The van der Waals surface area contributed by atoms with Gasteiger partial charge in [-0.15, -0.1) is 0 Å². The Bertz CT molecular complexity index is 942. The highest BCUT2D eigenvalue weighted by molar-refractivity contribution is 5.54. The maximum atomic E-state index is 13.1. The number of hydrogen-bond acceptors (Lipinski definition) is 8. The molecule has 0 amide bonds. The third-order valence-electron chi connectivity index (χ3n) is 5.19.